The summed E-state index contributed by atoms with van der Waals surface area (Å²) in [5.41, 5.74) is 0. The Balaban J connectivity index is 1.98. The maximum Gasteiger partial charge on any atom is 0.328 e. The van der Waals surface area contributed by atoms with Crippen molar-refractivity contribution in [2.45, 2.75) is 30.2 Å². The lowest BCUT2D eigenvalue weighted by Crippen LogP contribution is -2.49. The Kier molecular flexibility index (Phi) is 5.94. The zero-order chi connectivity index (χ0) is 15.2. The predicted molar refractivity (Wildman–Crippen MR) is 83.5 cm³/mol. The third-order valence-electron chi connectivity index (χ3n) is 3.48. The molecule has 1 aliphatic heterocycles. The summed E-state index contributed by atoms with van der Waals surface area (Å²) >= 11 is 7.47. The largest absolute Gasteiger partial charge is 0.467 e. The molecule has 0 bridgehead atoms. The van der Waals surface area contributed by atoms with Crippen LogP contribution in [0.3, 0.4) is 0 Å². The Bertz CT molecular complexity index is 523. The van der Waals surface area contributed by atoms with Gasteiger partial charge in [-0.1, -0.05) is 23.7 Å². The molecule has 1 amide bonds. The van der Waals surface area contributed by atoms with Crippen molar-refractivity contribution in [1.82, 2.24) is 4.90 Å². The maximum atomic E-state index is 12.4. The van der Waals surface area contributed by atoms with Gasteiger partial charge in [-0.25, -0.2) is 4.79 Å². The van der Waals surface area contributed by atoms with Gasteiger partial charge in [-0.3, -0.25) is 4.79 Å². The van der Waals surface area contributed by atoms with E-state index in [-0.39, 0.29) is 17.6 Å². The molecule has 0 N–H and O–H groups in total. The molecule has 0 aliphatic carbocycles. The van der Waals surface area contributed by atoms with Gasteiger partial charge < -0.3 is 9.64 Å². The number of methoxy groups -OCH3 is 1. The van der Waals surface area contributed by atoms with Crippen molar-refractivity contribution in [3.8, 4) is 0 Å². The fraction of sp³-hybridized carbons (Fsp3) is 0.467. The third-order valence-corrected chi connectivity index (χ3v) is 4.98. The molecule has 0 saturated carbocycles. The highest BCUT2D eigenvalue weighted by Crippen LogP contribution is 2.27. The van der Waals surface area contributed by atoms with E-state index in [4.69, 9.17) is 16.3 Å². The minimum atomic E-state index is -0.442. The van der Waals surface area contributed by atoms with Gasteiger partial charge in [-0.05, 0) is 31.4 Å². The molecule has 1 aromatic rings. The zero-order valence-corrected chi connectivity index (χ0v) is 13.5. The summed E-state index contributed by atoms with van der Waals surface area (Å²) in [5.74, 6) is -0.0992. The molecular formula is C15H18ClNO3S. The van der Waals surface area contributed by atoms with Gasteiger partial charge in [-0.2, -0.15) is 0 Å². The lowest BCUT2D eigenvalue weighted by Gasteiger charge is -2.33. The highest BCUT2D eigenvalue weighted by Gasteiger charge is 2.32. The van der Waals surface area contributed by atoms with Crippen molar-refractivity contribution in [3.63, 3.8) is 0 Å². The molecule has 114 valence electrons. The van der Waals surface area contributed by atoms with Crippen LogP contribution in [0.5, 0.6) is 0 Å². The molecule has 0 spiro atoms. The minimum absolute atomic E-state index is 0.0463. The topological polar surface area (TPSA) is 46.6 Å². The molecule has 1 aromatic carbocycles. The second-order valence-electron chi connectivity index (χ2n) is 4.84. The third kappa shape index (κ3) is 4.14. The Morgan fingerprint density at radius 2 is 2.14 bits per heavy atom. The van der Waals surface area contributed by atoms with E-state index in [1.807, 2.05) is 18.2 Å². The first-order valence-electron chi connectivity index (χ1n) is 6.88. The van der Waals surface area contributed by atoms with Gasteiger partial charge in [0.25, 0.3) is 0 Å². The number of hydrogen-bond donors (Lipinski definition) is 0. The van der Waals surface area contributed by atoms with Crippen LogP contribution in [0.4, 0.5) is 0 Å². The normalized spacial score (nSPS) is 18.4. The van der Waals surface area contributed by atoms with E-state index >= 15 is 0 Å². The van der Waals surface area contributed by atoms with Crippen LogP contribution >= 0.6 is 23.4 Å². The summed E-state index contributed by atoms with van der Waals surface area (Å²) in [6.45, 7) is 0.613. The maximum absolute atomic E-state index is 12.4. The second-order valence-corrected chi connectivity index (χ2v) is 6.27. The van der Waals surface area contributed by atoms with E-state index in [1.54, 1.807) is 11.0 Å². The highest BCUT2D eigenvalue weighted by molar-refractivity contribution is 8.00. The Morgan fingerprint density at radius 3 is 2.86 bits per heavy atom. The van der Waals surface area contributed by atoms with Gasteiger partial charge in [0.1, 0.15) is 6.04 Å². The van der Waals surface area contributed by atoms with Crippen molar-refractivity contribution in [1.29, 1.82) is 0 Å². The van der Waals surface area contributed by atoms with Crippen LogP contribution in [0, 0.1) is 0 Å². The van der Waals surface area contributed by atoms with Gasteiger partial charge in [0, 0.05) is 11.4 Å². The van der Waals surface area contributed by atoms with E-state index in [0.717, 1.165) is 17.7 Å². The molecular weight excluding hydrogens is 310 g/mol. The summed E-state index contributed by atoms with van der Waals surface area (Å²) in [7, 11) is 1.36. The first-order chi connectivity index (χ1) is 10.1. The Hall–Kier alpha value is -1.20. The number of rotatable bonds is 4. The number of benzene rings is 1. The summed E-state index contributed by atoms with van der Waals surface area (Å²) in [6, 6.07) is 6.98. The van der Waals surface area contributed by atoms with Gasteiger partial charge in [0.05, 0.1) is 17.9 Å². The van der Waals surface area contributed by atoms with Crippen molar-refractivity contribution in [3.05, 3.63) is 29.3 Å². The van der Waals surface area contributed by atoms with Crippen molar-refractivity contribution >= 4 is 35.2 Å². The molecule has 1 saturated heterocycles. The Morgan fingerprint density at radius 1 is 1.38 bits per heavy atom. The number of thioether (sulfide) groups is 1. The zero-order valence-electron chi connectivity index (χ0n) is 11.9. The predicted octanol–water partition coefficient (Wildman–Crippen LogP) is 2.99. The molecule has 0 radical (unpaired) electrons. The summed E-state index contributed by atoms with van der Waals surface area (Å²) in [4.78, 5) is 26.6. The fourth-order valence-electron chi connectivity index (χ4n) is 2.40. The smallest absolute Gasteiger partial charge is 0.328 e. The molecule has 6 heteroatoms. The summed E-state index contributed by atoms with van der Waals surface area (Å²) < 4.78 is 4.79. The number of ether oxygens (including phenoxy) is 1. The van der Waals surface area contributed by atoms with Crippen molar-refractivity contribution in [2.24, 2.45) is 0 Å². The molecule has 4 nitrogen and oxygen atoms in total. The van der Waals surface area contributed by atoms with Gasteiger partial charge >= 0.3 is 5.97 Å². The van der Waals surface area contributed by atoms with Gasteiger partial charge in [0.2, 0.25) is 5.91 Å². The molecule has 1 fully saturated rings. The average Bonchev–Trinajstić information content (AvgIpc) is 2.53. The van der Waals surface area contributed by atoms with Crippen LogP contribution in [-0.4, -0.2) is 42.2 Å². The minimum Gasteiger partial charge on any atom is -0.467 e. The molecule has 1 heterocycles. The molecule has 1 unspecified atom stereocenters. The quantitative estimate of drug-likeness (QED) is 0.630. The lowest BCUT2D eigenvalue weighted by atomic mass is 10.0. The molecule has 2 rings (SSSR count). The van der Waals surface area contributed by atoms with Crippen LogP contribution < -0.4 is 0 Å². The van der Waals surface area contributed by atoms with Crippen LogP contribution in [0.15, 0.2) is 29.2 Å². The van der Waals surface area contributed by atoms with Crippen LogP contribution in [0.2, 0.25) is 5.02 Å². The summed E-state index contributed by atoms with van der Waals surface area (Å²) in [5, 5.41) is 0.637. The van der Waals surface area contributed by atoms with Crippen LogP contribution in [0.1, 0.15) is 19.3 Å². The standard InChI is InChI=1S/C15H18ClNO3S/c1-20-15(19)12-7-4-5-9-17(12)14(18)10-21-13-8-3-2-6-11(13)16/h2-3,6,8,12H,4-5,7,9-10H2,1H3. The number of esters is 1. The first-order valence-corrected chi connectivity index (χ1v) is 8.24. The lowest BCUT2D eigenvalue weighted by molar-refractivity contribution is -0.153. The number of amides is 1. The SMILES string of the molecule is COC(=O)C1CCCCN1C(=O)CSc1ccccc1Cl. The highest BCUT2D eigenvalue weighted by atomic mass is 35.5. The fourth-order valence-corrected chi connectivity index (χ4v) is 3.52. The molecule has 0 aromatic heterocycles. The van der Waals surface area contributed by atoms with E-state index in [1.165, 1.54) is 18.9 Å². The van der Waals surface area contributed by atoms with E-state index < -0.39 is 6.04 Å². The second kappa shape index (κ2) is 7.71. The molecule has 21 heavy (non-hydrogen) atoms. The number of nitrogens with zero attached hydrogens (tertiary/aromatic N) is 1. The number of carbonyl (C=O) groups is 2. The van der Waals surface area contributed by atoms with Gasteiger partial charge in [0.15, 0.2) is 0 Å². The molecule has 1 atom stereocenters. The van der Waals surface area contributed by atoms with E-state index in [9.17, 15) is 9.59 Å². The van der Waals surface area contributed by atoms with Gasteiger partial charge in [-0.15, -0.1) is 11.8 Å². The monoisotopic (exact) mass is 327 g/mol. The summed E-state index contributed by atoms with van der Waals surface area (Å²) in [6.07, 6.45) is 2.55. The van der Waals surface area contributed by atoms with Crippen LogP contribution in [0.25, 0.3) is 0 Å². The van der Waals surface area contributed by atoms with E-state index in [2.05, 4.69) is 0 Å². The number of piperidine rings is 1. The average molecular weight is 328 g/mol. The number of likely N-dealkylation sites (tertiary alicyclic amines) is 1. The van der Waals surface area contributed by atoms with Crippen LogP contribution in [-0.2, 0) is 14.3 Å². The number of halogens is 1. The van der Waals surface area contributed by atoms with E-state index in [0.29, 0.717) is 18.0 Å². The first kappa shape index (κ1) is 16.2. The van der Waals surface area contributed by atoms with Crippen molar-refractivity contribution < 1.29 is 14.3 Å². The van der Waals surface area contributed by atoms with Crippen molar-refractivity contribution in [2.75, 3.05) is 19.4 Å². The number of carbonyl (C=O) groups excluding carboxylic acids is 2. The Labute approximate surface area is 133 Å². The molecule has 1 aliphatic rings. The number of hydrogen-bond acceptors (Lipinski definition) is 4.